The Morgan fingerprint density at radius 1 is 0.889 bits per heavy atom. The SMILES string of the molecule is ClC[B]CCC[B]CCl. The molecule has 0 fully saturated rings. The first-order valence-electron chi connectivity index (χ1n) is 3.17. The van der Waals surface area contributed by atoms with Crippen LogP contribution < -0.4 is 0 Å². The molecule has 0 rings (SSSR count). The van der Waals surface area contributed by atoms with Crippen LogP contribution in [0, 0.1) is 0 Å². The van der Waals surface area contributed by atoms with Gasteiger partial charge >= 0.3 is 0 Å². The molecular formula is C5H10B2Cl2. The first-order valence-corrected chi connectivity index (χ1v) is 4.24. The summed E-state index contributed by atoms with van der Waals surface area (Å²) in [4.78, 5) is 0. The van der Waals surface area contributed by atoms with E-state index in [1.54, 1.807) is 0 Å². The molecule has 0 amide bonds. The average Bonchev–Trinajstić information content (AvgIpc) is 1.89. The summed E-state index contributed by atoms with van der Waals surface area (Å²) >= 11 is 10.8. The maximum atomic E-state index is 5.42. The number of halogens is 2. The van der Waals surface area contributed by atoms with Crippen molar-refractivity contribution in [1.29, 1.82) is 0 Å². The first kappa shape index (κ1) is 9.71. The summed E-state index contributed by atoms with van der Waals surface area (Å²) in [6.07, 6.45) is 3.40. The van der Waals surface area contributed by atoms with Crippen LogP contribution in [0.15, 0.2) is 0 Å². The van der Waals surface area contributed by atoms with Gasteiger partial charge in [-0.25, -0.2) is 0 Å². The quantitative estimate of drug-likeness (QED) is 0.319. The van der Waals surface area contributed by atoms with Gasteiger partial charge in [0, 0.05) is 0 Å². The van der Waals surface area contributed by atoms with Crippen LogP contribution in [0.4, 0.5) is 0 Å². The molecule has 50 valence electrons. The zero-order chi connectivity index (χ0) is 6.95. The molecule has 4 heteroatoms. The Morgan fingerprint density at radius 2 is 1.33 bits per heavy atom. The van der Waals surface area contributed by atoms with E-state index >= 15 is 0 Å². The Kier molecular flexibility index (Phi) is 9.40. The molecule has 0 aliphatic carbocycles. The zero-order valence-electron chi connectivity index (χ0n) is 5.45. The Hall–Kier alpha value is 0.710. The second-order valence-electron chi connectivity index (χ2n) is 1.82. The highest BCUT2D eigenvalue weighted by Gasteiger charge is 1.90. The van der Waals surface area contributed by atoms with Crippen LogP contribution in [-0.4, -0.2) is 26.1 Å². The van der Waals surface area contributed by atoms with Crippen molar-refractivity contribution in [2.45, 2.75) is 19.1 Å². The number of alkyl halides is 2. The van der Waals surface area contributed by atoms with Gasteiger partial charge in [-0.2, -0.15) is 0 Å². The van der Waals surface area contributed by atoms with Crippen LogP contribution in [0.3, 0.4) is 0 Å². The third-order valence-electron chi connectivity index (χ3n) is 1.03. The summed E-state index contributed by atoms with van der Waals surface area (Å²) in [6.45, 7) is 0. The molecule has 0 aromatic heterocycles. The molecule has 0 unspecified atom stereocenters. The van der Waals surface area contributed by atoms with E-state index in [-0.39, 0.29) is 0 Å². The second kappa shape index (κ2) is 8.71. The van der Waals surface area contributed by atoms with Crippen LogP contribution in [0.25, 0.3) is 0 Å². The molecule has 0 saturated carbocycles. The fourth-order valence-electron chi connectivity index (χ4n) is 0.561. The van der Waals surface area contributed by atoms with Crippen molar-refractivity contribution >= 4 is 37.8 Å². The summed E-state index contributed by atoms with van der Waals surface area (Å²) in [7, 11) is 4.15. The van der Waals surface area contributed by atoms with Crippen LogP contribution in [0.2, 0.25) is 12.6 Å². The lowest BCUT2D eigenvalue weighted by Crippen LogP contribution is -1.94. The summed E-state index contributed by atoms with van der Waals surface area (Å²) < 4.78 is 0. The largest absolute Gasteiger partial charge is 0.136 e. The second-order valence-corrected chi connectivity index (χ2v) is 2.43. The van der Waals surface area contributed by atoms with Gasteiger partial charge in [0.15, 0.2) is 0 Å². The third-order valence-corrected chi connectivity index (χ3v) is 1.47. The van der Waals surface area contributed by atoms with Crippen molar-refractivity contribution in [3.05, 3.63) is 0 Å². The molecule has 0 atom stereocenters. The molecule has 0 heterocycles. The standard InChI is InChI=1S/C5H10B2Cl2/c8-4-6-2-1-3-7-5-9/h1-5H2. The van der Waals surface area contributed by atoms with Crippen LogP contribution in [0.5, 0.6) is 0 Å². The third kappa shape index (κ3) is 8.71. The van der Waals surface area contributed by atoms with Crippen molar-refractivity contribution in [1.82, 2.24) is 0 Å². The van der Waals surface area contributed by atoms with Gasteiger partial charge in [-0.05, 0) is 11.6 Å². The minimum Gasteiger partial charge on any atom is -0.136 e. The van der Waals surface area contributed by atoms with Gasteiger partial charge in [-0.15, -0.1) is 23.2 Å². The van der Waals surface area contributed by atoms with E-state index in [1.807, 2.05) is 0 Å². The summed E-state index contributed by atoms with van der Waals surface area (Å²) in [5.74, 6) is 1.34. The van der Waals surface area contributed by atoms with Gasteiger partial charge in [0.1, 0.15) is 14.6 Å². The van der Waals surface area contributed by atoms with Gasteiger partial charge in [0.25, 0.3) is 0 Å². The Labute approximate surface area is 68.8 Å². The summed E-state index contributed by atoms with van der Waals surface area (Å²) in [5, 5.41) is 0. The highest BCUT2D eigenvalue weighted by Crippen LogP contribution is 1.95. The molecule has 0 aromatic rings. The van der Waals surface area contributed by atoms with E-state index in [1.165, 1.54) is 6.42 Å². The highest BCUT2D eigenvalue weighted by molar-refractivity contribution is 6.51. The molecule has 0 saturated heterocycles. The molecule has 0 aliphatic heterocycles. The Balaban J connectivity index is 2.60. The van der Waals surface area contributed by atoms with Gasteiger partial charge in [-0.1, -0.05) is 19.1 Å². The predicted molar refractivity (Wildman–Crippen MR) is 47.2 cm³/mol. The van der Waals surface area contributed by atoms with Crippen molar-refractivity contribution in [3.8, 4) is 0 Å². The predicted octanol–water partition coefficient (Wildman–Crippen LogP) is 2.01. The topological polar surface area (TPSA) is 0 Å². The monoisotopic (exact) mass is 162 g/mol. The Bertz CT molecular complexity index is 46.2. The molecule has 0 aromatic carbocycles. The average molecular weight is 163 g/mol. The van der Waals surface area contributed by atoms with Gasteiger partial charge in [0.05, 0.1) is 0 Å². The lowest BCUT2D eigenvalue weighted by Gasteiger charge is -1.92. The molecule has 0 bridgehead atoms. The number of hydrogen-bond acceptors (Lipinski definition) is 0. The molecule has 9 heavy (non-hydrogen) atoms. The van der Waals surface area contributed by atoms with E-state index in [2.05, 4.69) is 14.6 Å². The zero-order valence-corrected chi connectivity index (χ0v) is 6.96. The van der Waals surface area contributed by atoms with Crippen LogP contribution in [-0.2, 0) is 0 Å². The number of hydrogen-bond donors (Lipinski definition) is 0. The van der Waals surface area contributed by atoms with Crippen LogP contribution in [0.1, 0.15) is 6.42 Å². The normalized spacial score (nSPS) is 9.11. The molecule has 0 nitrogen and oxygen atoms in total. The van der Waals surface area contributed by atoms with E-state index in [0.29, 0.717) is 11.6 Å². The van der Waals surface area contributed by atoms with Crippen LogP contribution >= 0.6 is 23.2 Å². The fourth-order valence-corrected chi connectivity index (χ4v) is 0.869. The van der Waals surface area contributed by atoms with E-state index in [0.717, 1.165) is 12.6 Å². The minimum atomic E-state index is 0.668. The summed E-state index contributed by atoms with van der Waals surface area (Å²) in [6, 6.07) is 0. The molecule has 0 N–H and O–H groups in total. The van der Waals surface area contributed by atoms with E-state index < -0.39 is 0 Å². The summed E-state index contributed by atoms with van der Waals surface area (Å²) in [5.41, 5.74) is 0. The van der Waals surface area contributed by atoms with Gasteiger partial charge in [-0.3, -0.25) is 0 Å². The lowest BCUT2D eigenvalue weighted by molar-refractivity contribution is 1.06. The molecular weight excluding hydrogens is 153 g/mol. The van der Waals surface area contributed by atoms with E-state index in [4.69, 9.17) is 23.2 Å². The fraction of sp³-hybridized carbons (Fsp3) is 1.00. The van der Waals surface area contributed by atoms with Gasteiger partial charge in [0.2, 0.25) is 0 Å². The first-order chi connectivity index (χ1) is 4.41. The van der Waals surface area contributed by atoms with E-state index in [9.17, 15) is 0 Å². The van der Waals surface area contributed by atoms with Gasteiger partial charge < -0.3 is 0 Å². The molecule has 2 radical (unpaired) electrons. The molecule has 0 aliphatic rings. The van der Waals surface area contributed by atoms with Crippen molar-refractivity contribution in [2.75, 3.05) is 11.6 Å². The van der Waals surface area contributed by atoms with Crippen molar-refractivity contribution < 1.29 is 0 Å². The minimum absolute atomic E-state index is 0.668. The maximum Gasteiger partial charge on any atom is 0.129 e. The number of rotatable bonds is 6. The molecule has 0 spiro atoms. The smallest absolute Gasteiger partial charge is 0.129 e. The Morgan fingerprint density at radius 3 is 1.67 bits per heavy atom. The maximum absolute atomic E-state index is 5.42. The highest BCUT2D eigenvalue weighted by atomic mass is 35.5. The van der Waals surface area contributed by atoms with Crippen molar-refractivity contribution in [3.63, 3.8) is 0 Å². The van der Waals surface area contributed by atoms with Crippen molar-refractivity contribution in [2.24, 2.45) is 0 Å². The lowest BCUT2D eigenvalue weighted by atomic mass is 9.69.